The number of anilines is 2. The van der Waals surface area contributed by atoms with Gasteiger partial charge in [-0.3, -0.25) is 14.6 Å². The van der Waals surface area contributed by atoms with Crippen LogP contribution < -0.4 is 20.1 Å². The number of carbonyl (C=O) groups is 2. The number of aromatic nitrogens is 2. The number of thioether (sulfide) groups is 1. The molecule has 0 unspecified atom stereocenters. The van der Waals surface area contributed by atoms with Crippen molar-refractivity contribution < 1.29 is 19.1 Å². The van der Waals surface area contributed by atoms with Crippen molar-refractivity contribution in [2.45, 2.75) is 5.03 Å². The first kappa shape index (κ1) is 18.8. The van der Waals surface area contributed by atoms with Gasteiger partial charge in [-0.1, -0.05) is 11.8 Å². The lowest BCUT2D eigenvalue weighted by atomic mass is 10.2. The summed E-state index contributed by atoms with van der Waals surface area (Å²) < 4.78 is 10.6. The van der Waals surface area contributed by atoms with Gasteiger partial charge >= 0.3 is 0 Å². The predicted molar refractivity (Wildman–Crippen MR) is 108 cm³/mol. The first-order valence-electron chi connectivity index (χ1n) is 8.68. The van der Waals surface area contributed by atoms with Crippen LogP contribution in [-0.2, 0) is 4.79 Å². The number of hydrogen-bond donors (Lipinski definition) is 2. The zero-order valence-corrected chi connectivity index (χ0v) is 15.9. The fraction of sp³-hybridized carbons (Fsp3) is 0.100. The van der Waals surface area contributed by atoms with Gasteiger partial charge in [-0.05, 0) is 36.4 Å². The molecular formula is C20H16N4O4S. The molecule has 8 nitrogen and oxygen atoms in total. The van der Waals surface area contributed by atoms with Crippen LogP contribution in [0.4, 0.5) is 11.4 Å². The Bertz CT molecular complexity index is 1050. The van der Waals surface area contributed by atoms with Gasteiger partial charge in [0, 0.05) is 24.1 Å². The van der Waals surface area contributed by atoms with Gasteiger partial charge in [0.05, 0.1) is 23.2 Å². The number of nitrogens with zero attached hydrogens (tertiary/aromatic N) is 2. The van der Waals surface area contributed by atoms with Crippen LogP contribution in [0.1, 0.15) is 10.4 Å². The number of fused-ring (bicyclic) bond motifs is 1. The SMILES string of the molecule is O=C(CSc1ncccc1C(=O)Nc1cccnc1)Nc1ccc2c(c1)OCO2. The molecular weight excluding hydrogens is 392 g/mol. The second-order valence-electron chi connectivity index (χ2n) is 5.96. The maximum absolute atomic E-state index is 12.6. The van der Waals surface area contributed by atoms with Gasteiger partial charge in [0.25, 0.3) is 5.91 Å². The molecule has 0 spiro atoms. The smallest absolute Gasteiger partial charge is 0.258 e. The molecule has 0 saturated carbocycles. The van der Waals surface area contributed by atoms with E-state index in [4.69, 9.17) is 9.47 Å². The second kappa shape index (κ2) is 8.61. The molecule has 146 valence electrons. The third-order valence-electron chi connectivity index (χ3n) is 3.93. The van der Waals surface area contributed by atoms with Crippen molar-refractivity contribution in [1.82, 2.24) is 9.97 Å². The highest BCUT2D eigenvalue weighted by Crippen LogP contribution is 2.34. The van der Waals surface area contributed by atoms with E-state index in [1.54, 1.807) is 61.1 Å². The van der Waals surface area contributed by atoms with Crippen LogP contribution in [-0.4, -0.2) is 34.3 Å². The minimum absolute atomic E-state index is 0.0959. The Labute approximate surface area is 170 Å². The van der Waals surface area contributed by atoms with Crippen LogP contribution in [0.5, 0.6) is 11.5 Å². The molecule has 2 amide bonds. The Morgan fingerprint density at radius 2 is 1.86 bits per heavy atom. The highest BCUT2D eigenvalue weighted by molar-refractivity contribution is 8.00. The molecule has 4 rings (SSSR count). The van der Waals surface area contributed by atoms with Gasteiger partial charge in [0.2, 0.25) is 12.7 Å². The zero-order valence-electron chi connectivity index (χ0n) is 15.1. The monoisotopic (exact) mass is 408 g/mol. The van der Waals surface area contributed by atoms with Crippen LogP contribution in [0, 0.1) is 0 Å². The summed E-state index contributed by atoms with van der Waals surface area (Å²) >= 11 is 1.18. The van der Waals surface area contributed by atoms with E-state index >= 15 is 0 Å². The van der Waals surface area contributed by atoms with Crippen molar-refractivity contribution in [3.8, 4) is 11.5 Å². The number of nitrogens with one attached hydrogen (secondary N) is 2. The lowest BCUT2D eigenvalue weighted by Gasteiger charge is -2.09. The molecule has 0 saturated heterocycles. The standard InChI is InChI=1S/C20H16N4O4S/c25-18(23-13-5-6-16-17(9-13)28-12-27-16)11-29-20-15(4-2-8-22-20)19(26)24-14-3-1-7-21-10-14/h1-10H,11-12H2,(H,23,25)(H,24,26). The summed E-state index contributed by atoms with van der Waals surface area (Å²) in [5.41, 5.74) is 1.57. The van der Waals surface area contributed by atoms with Crippen molar-refractivity contribution in [3.05, 3.63) is 66.6 Å². The van der Waals surface area contributed by atoms with Crippen LogP contribution in [0.2, 0.25) is 0 Å². The average molecular weight is 408 g/mol. The van der Waals surface area contributed by atoms with Gasteiger partial charge in [-0.2, -0.15) is 0 Å². The maximum Gasteiger partial charge on any atom is 0.258 e. The number of carbonyl (C=O) groups excluding carboxylic acids is 2. The summed E-state index contributed by atoms with van der Waals surface area (Å²) in [6.45, 7) is 0.173. The van der Waals surface area contributed by atoms with Gasteiger partial charge < -0.3 is 20.1 Å². The molecule has 1 aliphatic heterocycles. The normalized spacial score (nSPS) is 11.7. The third-order valence-corrected chi connectivity index (χ3v) is 4.94. The lowest BCUT2D eigenvalue weighted by molar-refractivity contribution is -0.113. The summed E-state index contributed by atoms with van der Waals surface area (Å²) in [6.07, 6.45) is 4.76. The van der Waals surface area contributed by atoms with E-state index in [1.165, 1.54) is 11.8 Å². The van der Waals surface area contributed by atoms with Crippen molar-refractivity contribution in [2.75, 3.05) is 23.2 Å². The Hall–Kier alpha value is -3.59. The maximum atomic E-state index is 12.6. The molecule has 3 heterocycles. The fourth-order valence-electron chi connectivity index (χ4n) is 2.62. The molecule has 0 aliphatic carbocycles. The minimum Gasteiger partial charge on any atom is -0.454 e. The van der Waals surface area contributed by atoms with E-state index in [9.17, 15) is 9.59 Å². The van der Waals surface area contributed by atoms with Gasteiger partial charge in [-0.25, -0.2) is 4.98 Å². The van der Waals surface area contributed by atoms with Crippen LogP contribution in [0.3, 0.4) is 0 Å². The van der Waals surface area contributed by atoms with E-state index in [2.05, 4.69) is 20.6 Å². The zero-order chi connectivity index (χ0) is 20.1. The molecule has 0 fully saturated rings. The van der Waals surface area contributed by atoms with E-state index in [0.717, 1.165) is 0 Å². The number of ether oxygens (including phenoxy) is 2. The number of benzene rings is 1. The quantitative estimate of drug-likeness (QED) is 0.604. The molecule has 0 radical (unpaired) electrons. The first-order chi connectivity index (χ1) is 14.2. The van der Waals surface area contributed by atoms with Gasteiger partial charge in [0.1, 0.15) is 5.03 Å². The van der Waals surface area contributed by atoms with Crippen molar-refractivity contribution in [3.63, 3.8) is 0 Å². The summed E-state index contributed by atoms with van der Waals surface area (Å²) in [6, 6.07) is 12.0. The van der Waals surface area contributed by atoms with Gasteiger partial charge in [-0.15, -0.1) is 0 Å². The molecule has 2 N–H and O–H groups in total. The van der Waals surface area contributed by atoms with Crippen molar-refractivity contribution in [2.24, 2.45) is 0 Å². The Morgan fingerprint density at radius 1 is 1.00 bits per heavy atom. The summed E-state index contributed by atoms with van der Waals surface area (Å²) in [4.78, 5) is 33.1. The average Bonchev–Trinajstić information content (AvgIpc) is 3.21. The number of amides is 2. The third kappa shape index (κ3) is 4.64. The highest BCUT2D eigenvalue weighted by Gasteiger charge is 2.16. The Kier molecular flexibility index (Phi) is 5.57. The van der Waals surface area contributed by atoms with Gasteiger partial charge in [0.15, 0.2) is 11.5 Å². The van der Waals surface area contributed by atoms with E-state index in [1.807, 2.05) is 0 Å². The van der Waals surface area contributed by atoms with E-state index in [-0.39, 0.29) is 24.4 Å². The van der Waals surface area contributed by atoms with Crippen LogP contribution in [0.25, 0.3) is 0 Å². The number of pyridine rings is 2. The van der Waals surface area contributed by atoms with Crippen molar-refractivity contribution >= 4 is 35.0 Å². The molecule has 1 aromatic carbocycles. The molecule has 0 atom stereocenters. The summed E-state index contributed by atoms with van der Waals surface area (Å²) in [5, 5.41) is 6.03. The lowest BCUT2D eigenvalue weighted by Crippen LogP contribution is -2.16. The summed E-state index contributed by atoms with van der Waals surface area (Å²) in [5.74, 6) is 0.797. The first-order valence-corrected chi connectivity index (χ1v) is 9.66. The largest absolute Gasteiger partial charge is 0.454 e. The Morgan fingerprint density at radius 3 is 2.72 bits per heavy atom. The molecule has 3 aromatic rings. The highest BCUT2D eigenvalue weighted by atomic mass is 32.2. The molecule has 0 bridgehead atoms. The van der Waals surface area contributed by atoms with Crippen LogP contribution >= 0.6 is 11.8 Å². The molecule has 1 aliphatic rings. The minimum atomic E-state index is -0.315. The Balaban J connectivity index is 1.38. The molecule has 2 aromatic heterocycles. The topological polar surface area (TPSA) is 102 Å². The number of rotatable bonds is 6. The predicted octanol–water partition coefficient (Wildman–Crippen LogP) is 3.19. The molecule has 29 heavy (non-hydrogen) atoms. The van der Waals surface area contributed by atoms with E-state index in [0.29, 0.717) is 33.5 Å². The van der Waals surface area contributed by atoms with Crippen LogP contribution in [0.15, 0.2) is 66.1 Å². The van der Waals surface area contributed by atoms with Crippen molar-refractivity contribution in [1.29, 1.82) is 0 Å². The molecule has 9 heteroatoms. The second-order valence-corrected chi connectivity index (χ2v) is 6.92. The summed E-state index contributed by atoms with van der Waals surface area (Å²) in [7, 11) is 0. The van der Waals surface area contributed by atoms with E-state index < -0.39 is 0 Å². The number of hydrogen-bond acceptors (Lipinski definition) is 7. The fourth-order valence-corrected chi connectivity index (χ4v) is 3.41.